The Hall–Kier alpha value is -1.66. The molecule has 0 aliphatic rings. The van der Waals surface area contributed by atoms with Crippen LogP contribution in [0.3, 0.4) is 0 Å². The number of rotatable bonds is 7. The van der Waals surface area contributed by atoms with Gasteiger partial charge in [-0.15, -0.1) is 0 Å². The summed E-state index contributed by atoms with van der Waals surface area (Å²) in [5, 5.41) is 10.9. The summed E-state index contributed by atoms with van der Waals surface area (Å²) in [4.78, 5) is 0. The molecule has 2 heterocycles. The third-order valence-electron chi connectivity index (χ3n) is 2.70. The van der Waals surface area contributed by atoms with Gasteiger partial charge in [0.1, 0.15) is 11.4 Å². The van der Waals surface area contributed by atoms with Crippen LogP contribution in [0, 0.1) is 6.92 Å². The van der Waals surface area contributed by atoms with Crippen molar-refractivity contribution in [2.45, 2.75) is 20.0 Å². The van der Waals surface area contributed by atoms with E-state index in [0.717, 1.165) is 31.1 Å². The quantitative estimate of drug-likeness (QED) is 0.742. The molecule has 0 aliphatic carbocycles. The zero-order valence-corrected chi connectivity index (χ0v) is 10.7. The molecule has 0 aliphatic heterocycles. The Labute approximate surface area is 106 Å². The van der Waals surface area contributed by atoms with Crippen molar-refractivity contribution in [3.05, 3.63) is 35.4 Å². The Morgan fingerprint density at radius 2 is 2.33 bits per heavy atom. The monoisotopic (exact) mass is 250 g/mol. The van der Waals surface area contributed by atoms with Crippen LogP contribution < -0.4 is 5.32 Å². The zero-order chi connectivity index (χ0) is 12.8. The second kappa shape index (κ2) is 6.32. The summed E-state index contributed by atoms with van der Waals surface area (Å²) in [6, 6.07) is 2.09. The third-order valence-corrected chi connectivity index (χ3v) is 2.70. The highest BCUT2D eigenvalue weighted by atomic mass is 16.6. The molecule has 98 valence electrons. The molecule has 0 unspecified atom stereocenters. The molecule has 0 atom stereocenters. The largest absolute Gasteiger partial charge is 0.383 e. The number of nitrogens with one attached hydrogen (secondary N) is 1. The highest BCUT2D eigenvalue weighted by molar-refractivity contribution is 5.13. The molecule has 6 nitrogen and oxygen atoms in total. The molecule has 18 heavy (non-hydrogen) atoms. The van der Waals surface area contributed by atoms with E-state index in [1.54, 1.807) is 7.11 Å². The van der Waals surface area contributed by atoms with Crippen molar-refractivity contribution >= 4 is 0 Å². The van der Waals surface area contributed by atoms with Gasteiger partial charge in [-0.25, -0.2) is 4.63 Å². The molecule has 6 heteroatoms. The topological polar surface area (TPSA) is 65.1 Å². The van der Waals surface area contributed by atoms with Crippen molar-refractivity contribution in [1.29, 1.82) is 0 Å². The van der Waals surface area contributed by atoms with Crippen LogP contribution >= 0.6 is 0 Å². The van der Waals surface area contributed by atoms with E-state index in [1.165, 1.54) is 5.56 Å². The molecule has 0 saturated carbocycles. The van der Waals surface area contributed by atoms with Gasteiger partial charge in [-0.3, -0.25) is 0 Å². The molecule has 2 aromatic rings. The smallest absolute Gasteiger partial charge is 0.127 e. The van der Waals surface area contributed by atoms with Crippen LogP contribution in [-0.4, -0.2) is 35.1 Å². The molecular formula is C12H18N4O2. The van der Waals surface area contributed by atoms with Crippen LogP contribution in [0.15, 0.2) is 23.1 Å². The lowest BCUT2D eigenvalue weighted by molar-refractivity contribution is 0.199. The van der Waals surface area contributed by atoms with E-state index < -0.39 is 0 Å². The molecule has 0 amide bonds. The fourth-order valence-corrected chi connectivity index (χ4v) is 1.67. The van der Waals surface area contributed by atoms with E-state index in [-0.39, 0.29) is 0 Å². The molecule has 0 aromatic carbocycles. The molecule has 0 bridgehead atoms. The van der Waals surface area contributed by atoms with Gasteiger partial charge >= 0.3 is 0 Å². The zero-order valence-electron chi connectivity index (χ0n) is 10.7. The van der Waals surface area contributed by atoms with Crippen molar-refractivity contribution in [2.75, 3.05) is 20.3 Å². The lowest BCUT2D eigenvalue weighted by atomic mass is 10.3. The predicted molar refractivity (Wildman–Crippen MR) is 66.2 cm³/mol. The van der Waals surface area contributed by atoms with Gasteiger partial charge in [-0.2, -0.15) is 0 Å². The lowest BCUT2D eigenvalue weighted by Gasteiger charge is -2.02. The second-order valence-corrected chi connectivity index (χ2v) is 4.16. The van der Waals surface area contributed by atoms with Gasteiger partial charge in [0.2, 0.25) is 0 Å². The Balaban J connectivity index is 1.84. The molecule has 0 saturated heterocycles. The number of ether oxygens (including phenoxy) is 1. The molecule has 1 N–H and O–H groups in total. The first-order valence-corrected chi connectivity index (χ1v) is 5.92. The molecule has 0 fully saturated rings. The summed E-state index contributed by atoms with van der Waals surface area (Å²) >= 11 is 0. The van der Waals surface area contributed by atoms with E-state index in [2.05, 4.69) is 37.1 Å². The van der Waals surface area contributed by atoms with Crippen molar-refractivity contribution in [3.8, 4) is 0 Å². The first-order valence-electron chi connectivity index (χ1n) is 5.92. The van der Waals surface area contributed by atoms with E-state index in [4.69, 9.17) is 4.74 Å². The first-order chi connectivity index (χ1) is 8.79. The first kappa shape index (κ1) is 12.8. The van der Waals surface area contributed by atoms with E-state index in [0.29, 0.717) is 6.54 Å². The minimum atomic E-state index is 0.688. The van der Waals surface area contributed by atoms with Crippen molar-refractivity contribution in [3.63, 3.8) is 0 Å². The van der Waals surface area contributed by atoms with Gasteiger partial charge in [-0.05, 0) is 18.6 Å². The maximum absolute atomic E-state index is 4.97. The van der Waals surface area contributed by atoms with Gasteiger partial charge < -0.3 is 14.6 Å². The van der Waals surface area contributed by atoms with Gasteiger partial charge in [0.25, 0.3) is 0 Å². The van der Waals surface area contributed by atoms with Gasteiger partial charge in [0, 0.05) is 32.6 Å². The van der Waals surface area contributed by atoms with Crippen molar-refractivity contribution in [1.82, 2.24) is 20.2 Å². The Morgan fingerprint density at radius 3 is 3.06 bits per heavy atom. The lowest BCUT2D eigenvalue weighted by Crippen LogP contribution is -2.18. The van der Waals surface area contributed by atoms with Gasteiger partial charge in [0.15, 0.2) is 0 Å². The highest BCUT2D eigenvalue weighted by Crippen LogP contribution is 2.07. The normalized spacial score (nSPS) is 11.0. The van der Waals surface area contributed by atoms with Crippen LogP contribution in [0.2, 0.25) is 0 Å². The standard InChI is InChI=1S/C12H18N4O2/c1-10-12(15-18-14-10)9-16-5-3-11(8-16)7-13-4-6-17-2/h3,5,8,13H,4,6-7,9H2,1-2H3. The average molecular weight is 250 g/mol. The predicted octanol–water partition coefficient (Wildman–Crippen LogP) is 0.964. The molecule has 0 radical (unpaired) electrons. The number of nitrogens with zero attached hydrogens (tertiary/aromatic N) is 3. The number of hydrogen-bond acceptors (Lipinski definition) is 5. The molecular weight excluding hydrogens is 232 g/mol. The number of hydrogen-bond donors (Lipinski definition) is 1. The summed E-state index contributed by atoms with van der Waals surface area (Å²) in [5.41, 5.74) is 2.94. The number of aryl methyl sites for hydroxylation is 1. The van der Waals surface area contributed by atoms with E-state index in [1.807, 2.05) is 13.1 Å². The minimum absolute atomic E-state index is 0.688. The summed E-state index contributed by atoms with van der Waals surface area (Å²) in [6.45, 7) is 5.00. The molecule has 0 spiro atoms. The number of aromatic nitrogens is 3. The second-order valence-electron chi connectivity index (χ2n) is 4.16. The molecule has 2 aromatic heterocycles. The minimum Gasteiger partial charge on any atom is -0.383 e. The van der Waals surface area contributed by atoms with Crippen molar-refractivity contribution < 1.29 is 9.37 Å². The Morgan fingerprint density at radius 1 is 1.44 bits per heavy atom. The fraction of sp³-hybridized carbons (Fsp3) is 0.500. The third kappa shape index (κ3) is 3.41. The van der Waals surface area contributed by atoms with Crippen LogP contribution in [0.4, 0.5) is 0 Å². The fourth-order valence-electron chi connectivity index (χ4n) is 1.67. The van der Waals surface area contributed by atoms with E-state index >= 15 is 0 Å². The SMILES string of the molecule is COCCNCc1ccn(Cc2nonc2C)c1. The summed E-state index contributed by atoms with van der Waals surface area (Å²) < 4.78 is 11.7. The van der Waals surface area contributed by atoms with Crippen molar-refractivity contribution in [2.24, 2.45) is 0 Å². The van der Waals surface area contributed by atoms with E-state index in [9.17, 15) is 0 Å². The Kier molecular flexibility index (Phi) is 4.49. The van der Waals surface area contributed by atoms with Gasteiger partial charge in [-0.1, -0.05) is 10.3 Å². The summed E-state index contributed by atoms with van der Waals surface area (Å²) in [5.74, 6) is 0. The van der Waals surface area contributed by atoms with Gasteiger partial charge in [0.05, 0.1) is 13.2 Å². The van der Waals surface area contributed by atoms with Crippen LogP contribution in [-0.2, 0) is 17.8 Å². The molecule has 2 rings (SSSR count). The summed E-state index contributed by atoms with van der Waals surface area (Å²) in [7, 11) is 1.70. The maximum atomic E-state index is 4.97. The Bertz CT molecular complexity index is 478. The van der Waals surface area contributed by atoms with Crippen LogP contribution in [0.25, 0.3) is 0 Å². The summed E-state index contributed by atoms with van der Waals surface area (Å²) in [6.07, 6.45) is 4.12. The van der Waals surface area contributed by atoms with Crippen LogP contribution in [0.1, 0.15) is 17.0 Å². The average Bonchev–Trinajstić information content (AvgIpc) is 2.96. The maximum Gasteiger partial charge on any atom is 0.127 e. The highest BCUT2D eigenvalue weighted by Gasteiger charge is 2.05. The number of methoxy groups -OCH3 is 1. The van der Waals surface area contributed by atoms with Crippen LogP contribution in [0.5, 0.6) is 0 Å².